The van der Waals surface area contributed by atoms with Crippen LogP contribution >= 0.6 is 0 Å². The summed E-state index contributed by atoms with van der Waals surface area (Å²) in [4.78, 5) is 19.9. The van der Waals surface area contributed by atoms with Gasteiger partial charge in [0.05, 0.1) is 23.7 Å². The van der Waals surface area contributed by atoms with Gasteiger partial charge >= 0.3 is 0 Å². The third kappa shape index (κ3) is 5.20. The van der Waals surface area contributed by atoms with E-state index in [1.807, 2.05) is 55.5 Å². The Hall–Kier alpha value is -4.57. The number of carbonyl (C=O) groups excluding carboxylic acids is 1. The Bertz CT molecular complexity index is 1330. The van der Waals surface area contributed by atoms with E-state index in [4.69, 9.17) is 9.47 Å². The van der Waals surface area contributed by atoms with Crippen LogP contribution in [-0.4, -0.2) is 29.6 Å². The van der Waals surface area contributed by atoms with Crippen molar-refractivity contribution in [3.63, 3.8) is 0 Å². The zero-order valence-electron chi connectivity index (χ0n) is 18.3. The van der Waals surface area contributed by atoms with Crippen molar-refractivity contribution in [2.24, 2.45) is 0 Å². The van der Waals surface area contributed by atoms with Gasteiger partial charge in [-0.2, -0.15) is 5.26 Å². The lowest BCUT2D eigenvalue weighted by atomic mass is 10.1. The molecule has 0 bridgehead atoms. The smallest absolute Gasteiger partial charge is 0.262 e. The number of nitrogens with one attached hydrogen (secondary N) is 2. The maximum absolute atomic E-state index is 12.2. The molecule has 0 unspecified atom stereocenters. The van der Waals surface area contributed by atoms with Crippen molar-refractivity contribution in [1.82, 2.24) is 9.97 Å². The molecule has 0 saturated carbocycles. The van der Waals surface area contributed by atoms with E-state index in [1.165, 1.54) is 7.11 Å². The number of amides is 1. The SMILES string of the molecule is COc1cc(/C=C(\C#N)c2nc3ccccc3[nH]2)ccc1OCC(=O)Nc1ccc(C)cc1. The second-order valence-corrected chi connectivity index (χ2v) is 7.39. The summed E-state index contributed by atoms with van der Waals surface area (Å²) < 4.78 is 11.1. The molecular weight excluding hydrogens is 416 g/mol. The molecule has 7 nitrogen and oxygen atoms in total. The summed E-state index contributed by atoms with van der Waals surface area (Å²) in [6.45, 7) is 1.82. The Morgan fingerprint density at radius 1 is 1.12 bits per heavy atom. The summed E-state index contributed by atoms with van der Waals surface area (Å²) in [5, 5.41) is 12.4. The zero-order valence-corrected chi connectivity index (χ0v) is 18.3. The molecule has 33 heavy (non-hydrogen) atoms. The molecule has 0 saturated heterocycles. The van der Waals surface area contributed by atoms with Crippen molar-refractivity contribution in [2.75, 3.05) is 19.0 Å². The van der Waals surface area contributed by atoms with Gasteiger partial charge in [0, 0.05) is 5.69 Å². The highest BCUT2D eigenvalue weighted by Crippen LogP contribution is 2.30. The number of fused-ring (bicyclic) bond motifs is 1. The monoisotopic (exact) mass is 438 g/mol. The average molecular weight is 438 g/mol. The Kier molecular flexibility index (Phi) is 6.37. The molecule has 0 aliphatic rings. The topological polar surface area (TPSA) is 100 Å². The third-order valence-electron chi connectivity index (χ3n) is 4.96. The van der Waals surface area contributed by atoms with Crippen LogP contribution in [0.2, 0.25) is 0 Å². The number of carbonyl (C=O) groups is 1. The molecule has 164 valence electrons. The molecule has 4 rings (SSSR count). The number of nitriles is 1. The van der Waals surface area contributed by atoms with Gasteiger partial charge in [-0.3, -0.25) is 4.79 Å². The number of imidazole rings is 1. The van der Waals surface area contributed by atoms with E-state index in [9.17, 15) is 10.1 Å². The van der Waals surface area contributed by atoms with Gasteiger partial charge in [0.25, 0.3) is 5.91 Å². The Labute approximate surface area is 191 Å². The van der Waals surface area contributed by atoms with Crippen LogP contribution in [0.15, 0.2) is 66.7 Å². The highest BCUT2D eigenvalue weighted by molar-refractivity contribution is 5.92. The second-order valence-electron chi connectivity index (χ2n) is 7.39. The minimum atomic E-state index is -0.276. The van der Waals surface area contributed by atoms with Crippen LogP contribution in [0.4, 0.5) is 5.69 Å². The fraction of sp³-hybridized carbons (Fsp3) is 0.115. The molecule has 0 atom stereocenters. The van der Waals surface area contributed by atoms with E-state index in [2.05, 4.69) is 21.4 Å². The van der Waals surface area contributed by atoms with E-state index in [-0.39, 0.29) is 12.5 Å². The van der Waals surface area contributed by atoms with E-state index >= 15 is 0 Å². The molecule has 2 N–H and O–H groups in total. The van der Waals surface area contributed by atoms with Crippen molar-refractivity contribution in [3.8, 4) is 17.6 Å². The largest absolute Gasteiger partial charge is 0.493 e. The fourth-order valence-corrected chi connectivity index (χ4v) is 3.27. The normalized spacial score (nSPS) is 11.1. The minimum Gasteiger partial charge on any atom is -0.493 e. The number of benzene rings is 3. The van der Waals surface area contributed by atoms with Crippen LogP contribution < -0.4 is 14.8 Å². The fourth-order valence-electron chi connectivity index (χ4n) is 3.27. The van der Waals surface area contributed by atoms with Gasteiger partial charge in [-0.15, -0.1) is 0 Å². The van der Waals surface area contributed by atoms with Gasteiger partial charge in [0.2, 0.25) is 0 Å². The van der Waals surface area contributed by atoms with Crippen LogP contribution in [0.25, 0.3) is 22.7 Å². The molecule has 1 heterocycles. The van der Waals surface area contributed by atoms with Crippen LogP contribution in [-0.2, 0) is 4.79 Å². The first-order chi connectivity index (χ1) is 16.1. The van der Waals surface area contributed by atoms with Crippen LogP contribution in [0.5, 0.6) is 11.5 Å². The van der Waals surface area contributed by atoms with Crippen LogP contribution in [0.1, 0.15) is 17.0 Å². The van der Waals surface area contributed by atoms with Crippen molar-refractivity contribution in [2.45, 2.75) is 6.92 Å². The Morgan fingerprint density at radius 3 is 2.64 bits per heavy atom. The van der Waals surface area contributed by atoms with Gasteiger partial charge < -0.3 is 19.8 Å². The van der Waals surface area contributed by atoms with Gasteiger partial charge in [0.15, 0.2) is 18.1 Å². The van der Waals surface area contributed by atoms with E-state index in [1.54, 1.807) is 24.3 Å². The minimum absolute atomic E-state index is 0.165. The number of H-pyrrole nitrogens is 1. The molecule has 0 radical (unpaired) electrons. The average Bonchev–Trinajstić information content (AvgIpc) is 3.27. The number of allylic oxidation sites excluding steroid dienone is 1. The summed E-state index contributed by atoms with van der Waals surface area (Å²) in [6, 6.07) is 22.5. The van der Waals surface area contributed by atoms with Crippen molar-refractivity contribution in [1.29, 1.82) is 5.26 Å². The number of hydrogen-bond acceptors (Lipinski definition) is 5. The van der Waals surface area contributed by atoms with Gasteiger partial charge in [-0.05, 0) is 55.0 Å². The molecular formula is C26H22N4O3. The van der Waals surface area contributed by atoms with Gasteiger partial charge in [0.1, 0.15) is 11.9 Å². The molecule has 1 aromatic heterocycles. The van der Waals surface area contributed by atoms with Crippen molar-refractivity contribution in [3.05, 3.63) is 83.7 Å². The maximum Gasteiger partial charge on any atom is 0.262 e. The maximum atomic E-state index is 12.2. The van der Waals surface area contributed by atoms with Gasteiger partial charge in [-0.25, -0.2) is 4.98 Å². The number of aromatic amines is 1. The predicted octanol–water partition coefficient (Wildman–Crippen LogP) is 4.96. The molecule has 0 spiro atoms. The third-order valence-corrected chi connectivity index (χ3v) is 4.96. The highest BCUT2D eigenvalue weighted by atomic mass is 16.5. The number of aromatic nitrogens is 2. The van der Waals surface area contributed by atoms with Crippen molar-refractivity contribution < 1.29 is 14.3 Å². The highest BCUT2D eigenvalue weighted by Gasteiger charge is 2.11. The molecule has 7 heteroatoms. The lowest BCUT2D eigenvalue weighted by molar-refractivity contribution is -0.118. The second kappa shape index (κ2) is 9.71. The van der Waals surface area contributed by atoms with E-state index in [0.29, 0.717) is 28.6 Å². The molecule has 1 amide bonds. The molecule has 0 fully saturated rings. The predicted molar refractivity (Wildman–Crippen MR) is 128 cm³/mol. The van der Waals surface area contributed by atoms with Crippen LogP contribution in [0.3, 0.4) is 0 Å². The van der Waals surface area contributed by atoms with E-state index < -0.39 is 0 Å². The zero-order chi connectivity index (χ0) is 23.2. The van der Waals surface area contributed by atoms with Gasteiger partial charge in [-0.1, -0.05) is 35.9 Å². The van der Waals surface area contributed by atoms with Crippen molar-refractivity contribution >= 4 is 34.3 Å². The Balaban J connectivity index is 1.48. The number of aryl methyl sites for hydroxylation is 1. The Morgan fingerprint density at radius 2 is 1.91 bits per heavy atom. The first-order valence-electron chi connectivity index (χ1n) is 10.3. The molecule has 0 aliphatic carbocycles. The van der Waals surface area contributed by atoms with E-state index in [0.717, 1.165) is 22.2 Å². The number of nitrogens with zero attached hydrogens (tertiary/aromatic N) is 2. The molecule has 0 aliphatic heterocycles. The first-order valence-corrected chi connectivity index (χ1v) is 10.3. The number of ether oxygens (including phenoxy) is 2. The molecule has 4 aromatic rings. The number of methoxy groups -OCH3 is 1. The summed E-state index contributed by atoms with van der Waals surface area (Å²) >= 11 is 0. The summed E-state index contributed by atoms with van der Waals surface area (Å²) in [5.74, 6) is 1.09. The first kappa shape index (κ1) is 21.7. The van der Waals surface area contributed by atoms with Crippen LogP contribution in [0, 0.1) is 18.3 Å². The number of rotatable bonds is 7. The number of hydrogen-bond donors (Lipinski definition) is 2. The summed E-state index contributed by atoms with van der Waals surface area (Å²) in [6.07, 6.45) is 1.72. The summed E-state index contributed by atoms with van der Waals surface area (Å²) in [7, 11) is 1.52. The standard InChI is InChI=1S/C26H22N4O3/c1-17-7-10-20(11-8-17)28-25(31)16-33-23-12-9-18(14-24(23)32-2)13-19(15-27)26-29-21-5-3-4-6-22(21)30-26/h3-14H,16H2,1-2H3,(H,28,31)(H,29,30)/b19-13+. The summed E-state index contributed by atoms with van der Waals surface area (Å²) in [5.41, 5.74) is 4.59. The number of anilines is 1. The lowest BCUT2D eigenvalue weighted by Gasteiger charge is -2.12. The number of para-hydroxylation sites is 2. The quantitative estimate of drug-likeness (QED) is 0.397. The molecule has 3 aromatic carbocycles. The lowest BCUT2D eigenvalue weighted by Crippen LogP contribution is -2.20.